The molecule has 1 atom stereocenters. The molecule has 3 rings (SSSR count). The minimum absolute atomic E-state index is 0.0597. The highest BCUT2D eigenvalue weighted by Crippen LogP contribution is 2.38. The van der Waals surface area contributed by atoms with Crippen molar-refractivity contribution >= 4 is 28.2 Å². The largest absolute Gasteiger partial charge is 0.337 e. The molecule has 1 aromatic heterocycles. The first-order valence-corrected chi connectivity index (χ1v) is 6.56. The summed E-state index contributed by atoms with van der Waals surface area (Å²) in [6.07, 6.45) is -0.505. The molecule has 0 N–H and O–H groups in total. The van der Waals surface area contributed by atoms with Crippen LogP contribution in [0.3, 0.4) is 0 Å². The molecule has 1 unspecified atom stereocenters. The van der Waals surface area contributed by atoms with E-state index in [0.717, 1.165) is 21.5 Å². The number of nitro groups is 1. The van der Waals surface area contributed by atoms with Crippen LogP contribution in [-0.2, 0) is 9.68 Å². The number of nitrogens with zero attached hydrogens (tertiary/aromatic N) is 3. The topological polar surface area (TPSA) is 102 Å². The average Bonchev–Trinajstić information content (AvgIpc) is 2.91. The van der Waals surface area contributed by atoms with Gasteiger partial charge in [-0.25, -0.2) is 9.74 Å². The minimum atomic E-state index is -0.814. The summed E-state index contributed by atoms with van der Waals surface area (Å²) in [6, 6.07) is 0. The predicted octanol–water partition coefficient (Wildman–Crippen LogP) is 0.777. The highest BCUT2D eigenvalue weighted by molar-refractivity contribution is 7.14. The molecule has 1 aromatic rings. The third-order valence-corrected chi connectivity index (χ3v) is 3.95. The van der Waals surface area contributed by atoms with Crippen molar-refractivity contribution in [2.24, 2.45) is 0 Å². The third kappa shape index (κ3) is 1.81. The fourth-order valence-electron chi connectivity index (χ4n) is 2.16. The number of carbonyl (C=O) groups excluding carboxylic acids is 2. The van der Waals surface area contributed by atoms with Crippen molar-refractivity contribution in [3.05, 3.63) is 26.6 Å². The Kier molecular flexibility index (Phi) is 3.01. The predicted molar refractivity (Wildman–Crippen MR) is 64.7 cm³/mol. The van der Waals surface area contributed by atoms with Crippen molar-refractivity contribution < 1.29 is 24.2 Å². The van der Waals surface area contributed by atoms with Crippen molar-refractivity contribution in [3.63, 3.8) is 0 Å². The first kappa shape index (κ1) is 13.1. The van der Waals surface area contributed by atoms with Gasteiger partial charge in [-0.3, -0.25) is 24.5 Å². The van der Waals surface area contributed by atoms with Crippen LogP contribution in [0.15, 0.2) is 5.38 Å². The van der Waals surface area contributed by atoms with Crippen LogP contribution in [-0.4, -0.2) is 46.7 Å². The maximum absolute atomic E-state index is 12.3. The zero-order valence-corrected chi connectivity index (χ0v) is 11.1. The lowest BCUT2D eigenvalue weighted by Crippen LogP contribution is -2.48. The van der Waals surface area contributed by atoms with Crippen LogP contribution < -0.4 is 0 Å². The van der Waals surface area contributed by atoms with E-state index in [1.54, 1.807) is 0 Å². The zero-order valence-electron chi connectivity index (χ0n) is 10.3. The molecule has 2 amide bonds. The van der Waals surface area contributed by atoms with E-state index in [9.17, 15) is 19.7 Å². The zero-order chi connectivity index (χ0) is 14.4. The Bertz CT molecular complexity index is 614. The fraction of sp³-hybridized carbons (Fsp3) is 0.400. The van der Waals surface area contributed by atoms with Gasteiger partial charge in [-0.05, 0) is 0 Å². The second-order valence-electron chi connectivity index (χ2n) is 4.19. The number of carbonyl (C=O) groups is 2. The Hall–Kier alpha value is -1.88. The molecule has 0 radical (unpaired) electrons. The molecule has 1 saturated heterocycles. The van der Waals surface area contributed by atoms with Gasteiger partial charge in [0, 0.05) is 18.8 Å². The summed E-state index contributed by atoms with van der Waals surface area (Å²) in [5, 5.41) is 13.0. The number of rotatable bonds is 2. The number of hydroxylamine groups is 2. The van der Waals surface area contributed by atoms with E-state index in [-0.39, 0.29) is 22.7 Å². The van der Waals surface area contributed by atoms with Gasteiger partial charge in [-0.1, -0.05) is 16.6 Å². The molecule has 106 valence electrons. The van der Waals surface area contributed by atoms with Crippen molar-refractivity contribution in [1.29, 1.82) is 0 Å². The molecular weight excluding hydrogens is 290 g/mol. The van der Waals surface area contributed by atoms with Crippen molar-refractivity contribution in [3.8, 4) is 0 Å². The Morgan fingerprint density at radius 2 is 2.20 bits per heavy atom. The van der Waals surface area contributed by atoms with Gasteiger partial charge in [0.15, 0.2) is 6.23 Å². The molecular formula is C10H9N3O6S. The van der Waals surface area contributed by atoms with Crippen molar-refractivity contribution in [2.75, 3.05) is 13.7 Å². The van der Waals surface area contributed by atoms with Gasteiger partial charge in [-0.2, -0.15) is 0 Å². The fourth-order valence-corrected chi connectivity index (χ4v) is 3.01. The Balaban J connectivity index is 1.95. The van der Waals surface area contributed by atoms with Crippen molar-refractivity contribution in [1.82, 2.24) is 10.1 Å². The SMILES string of the molecule is CN1OCCC(N2C(=O)c3csc([N+](=O)[O-])c3C2=O)O1. The standard InChI is InChI=1S/C10H9N3O6S/c1-11-18-3-2-6(19-11)12-8(14)5-4-20-10(13(16)17)7(5)9(12)15/h4,6H,2-3H2,1H3. The van der Waals surface area contributed by atoms with E-state index in [0.29, 0.717) is 6.42 Å². The summed E-state index contributed by atoms with van der Waals surface area (Å²) in [5.74, 6) is -1.27. The molecule has 0 saturated carbocycles. The molecule has 20 heavy (non-hydrogen) atoms. The van der Waals surface area contributed by atoms with E-state index < -0.39 is 23.0 Å². The highest BCUT2D eigenvalue weighted by Gasteiger charge is 2.47. The Morgan fingerprint density at radius 3 is 2.85 bits per heavy atom. The number of fused-ring (bicyclic) bond motifs is 1. The van der Waals surface area contributed by atoms with Crippen LogP contribution in [0.2, 0.25) is 0 Å². The quantitative estimate of drug-likeness (QED) is 0.451. The number of hydrogen-bond acceptors (Lipinski definition) is 8. The van der Waals surface area contributed by atoms with Gasteiger partial charge in [0.05, 0.1) is 17.1 Å². The number of thiophene rings is 1. The van der Waals surface area contributed by atoms with Crippen LogP contribution in [0.1, 0.15) is 27.1 Å². The van der Waals surface area contributed by atoms with Gasteiger partial charge < -0.3 is 0 Å². The van der Waals surface area contributed by atoms with E-state index in [1.165, 1.54) is 12.4 Å². The van der Waals surface area contributed by atoms with Gasteiger partial charge in [0.25, 0.3) is 11.8 Å². The number of imide groups is 1. The maximum Gasteiger partial charge on any atom is 0.337 e. The molecule has 0 bridgehead atoms. The summed E-state index contributed by atoms with van der Waals surface area (Å²) in [7, 11) is 1.49. The molecule has 0 aromatic carbocycles. The maximum atomic E-state index is 12.3. The second kappa shape index (κ2) is 4.59. The molecule has 0 aliphatic carbocycles. The van der Waals surface area contributed by atoms with Crippen LogP contribution in [0, 0.1) is 10.1 Å². The molecule has 10 heteroatoms. The summed E-state index contributed by atoms with van der Waals surface area (Å²) in [5.41, 5.74) is -0.0906. The molecule has 2 aliphatic rings. The molecule has 1 fully saturated rings. The van der Waals surface area contributed by atoms with Gasteiger partial charge >= 0.3 is 5.00 Å². The Labute approximate surface area is 116 Å². The van der Waals surface area contributed by atoms with Crippen molar-refractivity contribution in [2.45, 2.75) is 12.6 Å². The third-order valence-electron chi connectivity index (χ3n) is 3.02. The van der Waals surface area contributed by atoms with Crippen LogP contribution >= 0.6 is 11.3 Å². The van der Waals surface area contributed by atoms with Crippen LogP contribution in [0.5, 0.6) is 0 Å². The first-order chi connectivity index (χ1) is 9.50. The average molecular weight is 299 g/mol. The number of hydrogen-bond donors (Lipinski definition) is 0. The summed E-state index contributed by atoms with van der Waals surface area (Å²) < 4.78 is 0. The summed E-state index contributed by atoms with van der Waals surface area (Å²) in [6.45, 7) is 0.285. The van der Waals surface area contributed by atoms with Crippen LogP contribution in [0.25, 0.3) is 0 Å². The minimum Gasteiger partial charge on any atom is -0.274 e. The summed E-state index contributed by atoms with van der Waals surface area (Å²) in [4.78, 5) is 45.9. The molecule has 0 spiro atoms. The van der Waals surface area contributed by atoms with E-state index in [4.69, 9.17) is 9.68 Å². The van der Waals surface area contributed by atoms with Gasteiger partial charge in [0.1, 0.15) is 5.56 Å². The van der Waals surface area contributed by atoms with Crippen LogP contribution in [0.4, 0.5) is 5.00 Å². The lowest BCUT2D eigenvalue weighted by atomic mass is 10.2. The smallest absolute Gasteiger partial charge is 0.274 e. The lowest BCUT2D eigenvalue weighted by molar-refractivity contribution is -0.411. The molecule has 9 nitrogen and oxygen atoms in total. The highest BCUT2D eigenvalue weighted by atomic mass is 32.1. The first-order valence-electron chi connectivity index (χ1n) is 5.68. The van der Waals surface area contributed by atoms with Gasteiger partial charge in [0.2, 0.25) is 0 Å². The number of amides is 2. The monoisotopic (exact) mass is 299 g/mol. The van der Waals surface area contributed by atoms with E-state index >= 15 is 0 Å². The molecule has 2 aliphatic heterocycles. The summed E-state index contributed by atoms with van der Waals surface area (Å²) >= 11 is 0.774. The normalized spacial score (nSPS) is 23.2. The lowest BCUT2D eigenvalue weighted by Gasteiger charge is -2.33. The molecule has 3 heterocycles. The second-order valence-corrected chi connectivity index (χ2v) is 5.05. The van der Waals surface area contributed by atoms with E-state index in [2.05, 4.69) is 0 Å². The van der Waals surface area contributed by atoms with E-state index in [1.807, 2.05) is 0 Å². The van der Waals surface area contributed by atoms with Gasteiger partial charge in [-0.15, -0.1) is 0 Å². The Morgan fingerprint density at radius 1 is 1.45 bits per heavy atom.